The second-order valence-corrected chi connectivity index (χ2v) is 4.87. The molecule has 2 aliphatic rings. The van der Waals surface area contributed by atoms with Crippen LogP contribution in [0.5, 0.6) is 0 Å². The van der Waals surface area contributed by atoms with E-state index in [0.29, 0.717) is 6.54 Å². The number of carboxylic acid groups (broad SMARTS) is 1. The fraction of sp³-hybridized carbons (Fsp3) is 0.909. The molecule has 0 amide bonds. The summed E-state index contributed by atoms with van der Waals surface area (Å²) >= 11 is 0. The van der Waals surface area contributed by atoms with Crippen molar-refractivity contribution < 1.29 is 9.90 Å². The Morgan fingerprint density at radius 1 is 1.20 bits per heavy atom. The molecule has 1 N–H and O–H groups in total. The highest BCUT2D eigenvalue weighted by Crippen LogP contribution is 2.30. The Balaban J connectivity index is 2.14. The van der Waals surface area contributed by atoms with Crippen LogP contribution in [-0.4, -0.2) is 59.6 Å². The standard InChI is InChI=1S/C11H20N2O2/c1-12-8-5-11(9-12,10(14)15)13-6-3-2-4-7-13/h2-9H2,1H3,(H,14,15). The fourth-order valence-corrected chi connectivity index (χ4v) is 2.87. The van der Waals surface area contributed by atoms with Crippen molar-refractivity contribution in [1.29, 1.82) is 0 Å². The molecule has 0 saturated carbocycles. The second kappa shape index (κ2) is 4.10. The number of nitrogens with zero attached hydrogens (tertiary/aromatic N) is 2. The van der Waals surface area contributed by atoms with Gasteiger partial charge in [-0.3, -0.25) is 9.69 Å². The maximum absolute atomic E-state index is 11.5. The monoisotopic (exact) mass is 212 g/mol. The summed E-state index contributed by atoms with van der Waals surface area (Å²) in [5, 5.41) is 9.47. The first-order valence-electron chi connectivity index (χ1n) is 5.82. The van der Waals surface area contributed by atoms with Crippen LogP contribution in [0.1, 0.15) is 25.7 Å². The van der Waals surface area contributed by atoms with Crippen molar-refractivity contribution >= 4 is 5.97 Å². The molecule has 0 aromatic carbocycles. The Morgan fingerprint density at radius 2 is 1.87 bits per heavy atom. The Kier molecular flexibility index (Phi) is 2.98. The van der Waals surface area contributed by atoms with Crippen LogP contribution in [0.25, 0.3) is 0 Å². The van der Waals surface area contributed by atoms with Gasteiger partial charge >= 0.3 is 5.97 Å². The van der Waals surface area contributed by atoms with Gasteiger partial charge in [-0.1, -0.05) is 6.42 Å². The molecule has 1 unspecified atom stereocenters. The van der Waals surface area contributed by atoms with Gasteiger partial charge in [0.1, 0.15) is 5.54 Å². The zero-order chi connectivity index (χ0) is 10.9. The van der Waals surface area contributed by atoms with Crippen LogP contribution in [0.4, 0.5) is 0 Å². The Bertz CT molecular complexity index is 251. The molecule has 2 heterocycles. The van der Waals surface area contributed by atoms with E-state index >= 15 is 0 Å². The van der Waals surface area contributed by atoms with Gasteiger partial charge in [0.15, 0.2) is 0 Å². The van der Waals surface area contributed by atoms with E-state index in [2.05, 4.69) is 9.80 Å². The van der Waals surface area contributed by atoms with Crippen LogP contribution in [0, 0.1) is 0 Å². The first-order valence-corrected chi connectivity index (χ1v) is 5.82. The van der Waals surface area contributed by atoms with Crippen LogP contribution >= 0.6 is 0 Å². The van der Waals surface area contributed by atoms with E-state index in [9.17, 15) is 9.90 Å². The first kappa shape index (κ1) is 10.9. The van der Waals surface area contributed by atoms with Crippen molar-refractivity contribution in [2.24, 2.45) is 0 Å². The molecule has 15 heavy (non-hydrogen) atoms. The summed E-state index contributed by atoms with van der Waals surface area (Å²) < 4.78 is 0. The molecule has 2 rings (SSSR count). The average Bonchev–Trinajstić information content (AvgIpc) is 2.63. The highest BCUT2D eigenvalue weighted by atomic mass is 16.4. The number of carbonyl (C=O) groups is 1. The third-order valence-corrected chi connectivity index (χ3v) is 3.80. The van der Waals surface area contributed by atoms with E-state index in [1.807, 2.05) is 7.05 Å². The summed E-state index contributed by atoms with van der Waals surface area (Å²) in [5.41, 5.74) is -0.588. The first-order chi connectivity index (χ1) is 7.15. The van der Waals surface area contributed by atoms with Gasteiger partial charge in [0.25, 0.3) is 0 Å². The molecule has 0 aliphatic carbocycles. The molecule has 86 valence electrons. The van der Waals surface area contributed by atoms with E-state index in [1.165, 1.54) is 6.42 Å². The number of hydrogen-bond donors (Lipinski definition) is 1. The van der Waals surface area contributed by atoms with Gasteiger partial charge in [-0.15, -0.1) is 0 Å². The molecule has 2 fully saturated rings. The molecule has 4 nitrogen and oxygen atoms in total. The summed E-state index contributed by atoms with van der Waals surface area (Å²) in [6.45, 7) is 3.51. The maximum Gasteiger partial charge on any atom is 0.325 e. The number of piperidine rings is 1. The number of likely N-dealkylation sites (tertiary alicyclic amines) is 2. The summed E-state index contributed by atoms with van der Waals surface area (Å²) in [4.78, 5) is 15.8. The topological polar surface area (TPSA) is 43.8 Å². The highest BCUT2D eigenvalue weighted by Gasteiger charge is 2.48. The van der Waals surface area contributed by atoms with E-state index in [0.717, 1.165) is 38.9 Å². The lowest BCUT2D eigenvalue weighted by Gasteiger charge is -2.40. The third kappa shape index (κ3) is 1.88. The van der Waals surface area contributed by atoms with Crippen molar-refractivity contribution in [2.75, 3.05) is 33.2 Å². The lowest BCUT2D eigenvalue weighted by atomic mass is 9.93. The molecule has 0 radical (unpaired) electrons. The predicted molar refractivity (Wildman–Crippen MR) is 57.9 cm³/mol. The number of aliphatic carboxylic acids is 1. The van der Waals surface area contributed by atoms with Gasteiger partial charge in [-0.05, 0) is 39.4 Å². The SMILES string of the molecule is CN1CCC(C(=O)O)(N2CCCCC2)C1. The summed E-state index contributed by atoms with van der Waals surface area (Å²) in [6, 6.07) is 0. The zero-order valence-electron chi connectivity index (χ0n) is 9.41. The van der Waals surface area contributed by atoms with Gasteiger partial charge in [-0.2, -0.15) is 0 Å². The second-order valence-electron chi connectivity index (χ2n) is 4.87. The molecule has 2 aliphatic heterocycles. The van der Waals surface area contributed by atoms with Gasteiger partial charge in [-0.25, -0.2) is 0 Å². The molecule has 0 aromatic rings. The summed E-state index contributed by atoms with van der Waals surface area (Å²) in [5.74, 6) is -0.631. The van der Waals surface area contributed by atoms with Gasteiger partial charge in [0, 0.05) is 13.1 Å². The van der Waals surface area contributed by atoms with Crippen molar-refractivity contribution in [3.8, 4) is 0 Å². The number of rotatable bonds is 2. The third-order valence-electron chi connectivity index (χ3n) is 3.80. The minimum atomic E-state index is -0.631. The van der Waals surface area contributed by atoms with Gasteiger partial charge in [0.2, 0.25) is 0 Å². The highest BCUT2D eigenvalue weighted by molar-refractivity contribution is 5.79. The van der Waals surface area contributed by atoms with E-state index < -0.39 is 11.5 Å². The van der Waals surface area contributed by atoms with E-state index in [-0.39, 0.29) is 0 Å². The Labute approximate surface area is 90.9 Å². The van der Waals surface area contributed by atoms with Crippen molar-refractivity contribution in [3.63, 3.8) is 0 Å². The molecule has 0 spiro atoms. The number of hydrogen-bond acceptors (Lipinski definition) is 3. The lowest BCUT2D eigenvalue weighted by Crippen LogP contribution is -2.57. The van der Waals surface area contributed by atoms with Crippen LogP contribution in [-0.2, 0) is 4.79 Å². The van der Waals surface area contributed by atoms with Gasteiger partial charge < -0.3 is 10.0 Å². The lowest BCUT2D eigenvalue weighted by molar-refractivity contribution is -0.151. The normalized spacial score (nSPS) is 34.5. The summed E-state index contributed by atoms with van der Waals surface area (Å²) in [7, 11) is 2.01. The van der Waals surface area contributed by atoms with Crippen molar-refractivity contribution in [1.82, 2.24) is 9.80 Å². The van der Waals surface area contributed by atoms with Crippen LogP contribution in [0.2, 0.25) is 0 Å². The van der Waals surface area contributed by atoms with Gasteiger partial charge in [0.05, 0.1) is 0 Å². The number of likely N-dealkylation sites (N-methyl/N-ethyl adjacent to an activating group) is 1. The molecule has 2 saturated heterocycles. The van der Waals surface area contributed by atoms with Crippen molar-refractivity contribution in [2.45, 2.75) is 31.2 Å². The fourth-order valence-electron chi connectivity index (χ4n) is 2.87. The van der Waals surface area contributed by atoms with Crippen molar-refractivity contribution in [3.05, 3.63) is 0 Å². The zero-order valence-corrected chi connectivity index (χ0v) is 9.41. The quantitative estimate of drug-likeness (QED) is 0.729. The minimum Gasteiger partial charge on any atom is -0.480 e. The van der Waals surface area contributed by atoms with E-state index in [1.54, 1.807) is 0 Å². The molecule has 1 atom stereocenters. The maximum atomic E-state index is 11.5. The summed E-state index contributed by atoms with van der Waals surface area (Å²) in [6.07, 6.45) is 4.33. The van der Waals surface area contributed by atoms with E-state index in [4.69, 9.17) is 0 Å². The molecule has 0 bridgehead atoms. The Hall–Kier alpha value is -0.610. The average molecular weight is 212 g/mol. The molecule has 4 heteroatoms. The molecule has 0 aromatic heterocycles. The van der Waals surface area contributed by atoms with Crippen LogP contribution in [0.15, 0.2) is 0 Å². The predicted octanol–water partition coefficient (Wildman–Crippen LogP) is 0.631. The smallest absolute Gasteiger partial charge is 0.325 e. The van der Waals surface area contributed by atoms with Crippen LogP contribution < -0.4 is 0 Å². The number of carboxylic acids is 1. The minimum absolute atomic E-state index is 0.588. The Morgan fingerprint density at radius 3 is 2.33 bits per heavy atom. The molecular weight excluding hydrogens is 192 g/mol. The van der Waals surface area contributed by atoms with Crippen LogP contribution in [0.3, 0.4) is 0 Å². The molecular formula is C11H20N2O2. The largest absolute Gasteiger partial charge is 0.480 e.